The van der Waals surface area contributed by atoms with Crippen LogP contribution in [0.2, 0.25) is 5.32 Å². The minimum atomic E-state index is -5.74. The first-order valence-electron chi connectivity index (χ1n) is 6.53. The number of benzene rings is 1. The van der Waals surface area contributed by atoms with Gasteiger partial charge in [0, 0.05) is 0 Å². The maximum absolute atomic E-state index is 12.6. The number of aliphatic hydroxyl groups is 1. The van der Waals surface area contributed by atoms with Crippen molar-refractivity contribution in [2.24, 2.45) is 0 Å². The minimum absolute atomic E-state index is 0.0888. The molecule has 0 aliphatic carbocycles. The van der Waals surface area contributed by atoms with Crippen LogP contribution in [0.1, 0.15) is 11.1 Å². The van der Waals surface area contributed by atoms with Crippen LogP contribution in [0, 0.1) is 0 Å². The summed E-state index contributed by atoms with van der Waals surface area (Å²) in [6.45, 7) is 0.537. The van der Waals surface area contributed by atoms with Gasteiger partial charge in [0.25, 0.3) is 0 Å². The van der Waals surface area contributed by atoms with E-state index in [4.69, 9.17) is 5.11 Å². The molecule has 9 heteroatoms. The van der Waals surface area contributed by atoms with Crippen LogP contribution in [0.15, 0.2) is 24.3 Å². The Morgan fingerprint density at radius 1 is 0.957 bits per heavy atom. The quantitative estimate of drug-likeness (QED) is 0.577. The number of nitrogens with zero attached hydrogens (tertiary/aromatic N) is 1. The molecule has 0 fully saturated rings. The fraction of sp³-hybridized carbons (Fsp3) is 0.571. The Kier molecular flexibility index (Phi) is 6.55. The predicted octanol–water partition coefficient (Wildman–Crippen LogP) is 3.23. The summed E-state index contributed by atoms with van der Waals surface area (Å²) in [7, 11) is 3.63. The van der Waals surface area contributed by atoms with Gasteiger partial charge in [-0.15, -0.1) is 0 Å². The normalized spacial score (nSPS) is 13.7. The van der Waals surface area contributed by atoms with Gasteiger partial charge in [-0.3, -0.25) is 0 Å². The van der Waals surface area contributed by atoms with E-state index in [1.165, 1.54) is 0 Å². The van der Waals surface area contributed by atoms with Gasteiger partial charge in [0.15, 0.2) is 0 Å². The van der Waals surface area contributed by atoms with Crippen LogP contribution in [0.25, 0.3) is 0 Å². The van der Waals surface area contributed by atoms with E-state index in [9.17, 15) is 26.3 Å². The first kappa shape index (κ1) is 20.3. The van der Waals surface area contributed by atoms with Crippen molar-refractivity contribution < 1.29 is 31.4 Å². The number of rotatable bonds is 6. The monoisotopic (exact) mass is 409 g/mol. The third-order valence-corrected chi connectivity index (χ3v) is 5.50. The molecule has 0 spiro atoms. The van der Waals surface area contributed by atoms with E-state index < -0.39 is 38.2 Å². The molecule has 23 heavy (non-hydrogen) atoms. The molecule has 0 saturated carbocycles. The van der Waals surface area contributed by atoms with Gasteiger partial charge in [0.1, 0.15) is 0 Å². The van der Waals surface area contributed by atoms with Crippen molar-refractivity contribution in [1.82, 2.24) is 4.90 Å². The molecule has 2 nitrogen and oxygen atoms in total. The van der Waals surface area contributed by atoms with Gasteiger partial charge < -0.3 is 0 Å². The summed E-state index contributed by atoms with van der Waals surface area (Å²) in [6, 6.07) is 6.91. The van der Waals surface area contributed by atoms with E-state index in [-0.39, 0.29) is 5.32 Å². The Bertz CT molecular complexity index is 501. The first-order valence-corrected chi connectivity index (χ1v) is 8.96. The zero-order valence-corrected chi connectivity index (χ0v) is 14.2. The number of hydrogen-bond acceptors (Lipinski definition) is 2. The number of alkyl halides is 6. The van der Waals surface area contributed by atoms with E-state index in [2.05, 4.69) is 0 Å². The van der Waals surface area contributed by atoms with Gasteiger partial charge in [-0.2, -0.15) is 0 Å². The summed E-state index contributed by atoms with van der Waals surface area (Å²) in [5.74, 6) is 0. The second-order valence-corrected chi connectivity index (χ2v) is 7.42. The second-order valence-electron chi connectivity index (χ2n) is 5.36. The molecule has 0 unspecified atom stereocenters. The summed E-state index contributed by atoms with van der Waals surface area (Å²) in [4.78, 5) is 1.85. The van der Waals surface area contributed by atoms with Crippen LogP contribution >= 0.6 is 0 Å². The Hall–Kier alpha value is -0.761. The van der Waals surface area contributed by atoms with E-state index in [1.807, 2.05) is 19.0 Å². The van der Waals surface area contributed by atoms with Crippen LogP contribution in [-0.2, 0) is 11.9 Å². The third kappa shape index (κ3) is 5.11. The molecule has 132 valence electrons. The summed E-state index contributed by atoms with van der Waals surface area (Å²) in [5.41, 5.74) is -3.09. The van der Waals surface area contributed by atoms with E-state index in [1.54, 1.807) is 24.3 Å². The molecule has 0 heterocycles. The molecule has 0 bridgehead atoms. The molecule has 0 aliphatic heterocycles. The van der Waals surface area contributed by atoms with E-state index in [0.29, 0.717) is 12.1 Å². The average molecular weight is 408 g/mol. The fourth-order valence-electron chi connectivity index (χ4n) is 1.83. The van der Waals surface area contributed by atoms with Crippen LogP contribution < -0.4 is 0 Å². The molecule has 1 N–H and O–H groups in total. The maximum atomic E-state index is 12.6. The average Bonchev–Trinajstić information content (AvgIpc) is 2.37. The Morgan fingerprint density at radius 2 is 1.43 bits per heavy atom. The standard InChI is InChI=1S/C14H17F6NOSe/c1-21(2)7-10-5-3-4-6-11(10)8-23-9-12(22,13(15,16)17)14(18,19)20/h3-6,22H,7-9H2,1-2H3. The van der Waals surface area contributed by atoms with Gasteiger partial charge in [-0.25, -0.2) is 0 Å². The Morgan fingerprint density at radius 3 is 1.87 bits per heavy atom. The van der Waals surface area contributed by atoms with E-state index in [0.717, 1.165) is 5.56 Å². The van der Waals surface area contributed by atoms with Gasteiger partial charge in [0.2, 0.25) is 0 Å². The van der Waals surface area contributed by atoms with Crippen molar-refractivity contribution in [2.75, 3.05) is 14.1 Å². The molecule has 0 amide bonds. The third-order valence-electron chi connectivity index (χ3n) is 3.11. The van der Waals surface area contributed by atoms with Crippen molar-refractivity contribution in [3.05, 3.63) is 35.4 Å². The molecule has 1 aromatic carbocycles. The number of halogens is 6. The first-order chi connectivity index (χ1) is 10.4. The zero-order chi connectivity index (χ0) is 17.9. The second kappa shape index (κ2) is 7.42. The van der Waals surface area contributed by atoms with Gasteiger partial charge in [0.05, 0.1) is 0 Å². The summed E-state index contributed by atoms with van der Waals surface area (Å²) in [6.07, 6.45) is -11.5. The van der Waals surface area contributed by atoms with Crippen LogP contribution in [0.3, 0.4) is 0 Å². The fourth-order valence-corrected chi connectivity index (χ4v) is 4.40. The zero-order valence-electron chi connectivity index (χ0n) is 12.5. The molecule has 0 radical (unpaired) electrons. The Balaban J connectivity index is 2.83. The molecule has 0 saturated heterocycles. The summed E-state index contributed by atoms with van der Waals surface area (Å²) < 4.78 is 75.7. The SMILES string of the molecule is CN(C)Cc1ccccc1C[Se]CC(O)(C(F)(F)F)C(F)(F)F. The molecule has 0 atom stereocenters. The molecule has 1 aromatic rings. The summed E-state index contributed by atoms with van der Waals surface area (Å²) >= 11 is -1.05. The molecular weight excluding hydrogens is 391 g/mol. The summed E-state index contributed by atoms with van der Waals surface area (Å²) in [5, 5.41) is 7.87. The van der Waals surface area contributed by atoms with Crippen molar-refractivity contribution in [2.45, 2.75) is 35.1 Å². The van der Waals surface area contributed by atoms with Gasteiger partial charge in [-0.1, -0.05) is 0 Å². The van der Waals surface area contributed by atoms with Gasteiger partial charge >= 0.3 is 136 Å². The van der Waals surface area contributed by atoms with E-state index >= 15 is 0 Å². The van der Waals surface area contributed by atoms with Crippen molar-refractivity contribution >= 4 is 15.0 Å². The molecule has 0 aromatic heterocycles. The predicted molar refractivity (Wildman–Crippen MR) is 75.2 cm³/mol. The molecule has 0 aliphatic rings. The van der Waals surface area contributed by atoms with Crippen molar-refractivity contribution in [3.8, 4) is 0 Å². The van der Waals surface area contributed by atoms with Crippen LogP contribution in [0.5, 0.6) is 0 Å². The Labute approximate surface area is 136 Å². The number of hydrogen-bond donors (Lipinski definition) is 1. The molecular formula is C14H17F6NOSe. The molecule has 1 rings (SSSR count). The van der Waals surface area contributed by atoms with Crippen LogP contribution in [-0.4, -0.2) is 57.0 Å². The van der Waals surface area contributed by atoms with Crippen molar-refractivity contribution in [1.29, 1.82) is 0 Å². The van der Waals surface area contributed by atoms with Gasteiger partial charge in [-0.05, 0) is 0 Å². The van der Waals surface area contributed by atoms with Crippen LogP contribution in [0.4, 0.5) is 26.3 Å². The van der Waals surface area contributed by atoms with Crippen molar-refractivity contribution in [3.63, 3.8) is 0 Å². The topological polar surface area (TPSA) is 23.5 Å².